The largest absolute Gasteiger partial charge is 0.300 e. The summed E-state index contributed by atoms with van der Waals surface area (Å²) in [4.78, 5) is 2.57. The van der Waals surface area contributed by atoms with Crippen LogP contribution in [0.2, 0.25) is 5.02 Å². The van der Waals surface area contributed by atoms with Gasteiger partial charge in [-0.05, 0) is 61.9 Å². The molecule has 1 aliphatic heterocycles. The monoisotopic (exact) mass is 367 g/mol. The van der Waals surface area contributed by atoms with Crippen LogP contribution < -0.4 is 0 Å². The molecular weight excluding hydrogens is 337 g/mol. The average molecular weight is 368 g/mol. The third-order valence-corrected chi connectivity index (χ3v) is 5.77. The molecule has 24 heavy (non-hydrogen) atoms. The van der Waals surface area contributed by atoms with Crippen LogP contribution in [0.3, 0.4) is 0 Å². The van der Waals surface area contributed by atoms with Crippen LogP contribution in [0.1, 0.15) is 74.8 Å². The number of rotatable bonds is 4. The van der Waals surface area contributed by atoms with Crippen molar-refractivity contribution in [1.29, 1.82) is 0 Å². The second-order valence-corrected chi connectivity index (χ2v) is 7.64. The van der Waals surface area contributed by atoms with E-state index in [1.54, 1.807) is 0 Å². The molecule has 0 bridgehead atoms. The van der Waals surface area contributed by atoms with Crippen LogP contribution in [-0.2, 0) is 0 Å². The molecule has 1 saturated heterocycles. The molecule has 0 spiro atoms. The van der Waals surface area contributed by atoms with Gasteiger partial charge in [-0.15, -0.1) is 12.4 Å². The Balaban J connectivity index is 0.00000208. The maximum absolute atomic E-state index is 6.57. The Morgan fingerprint density at radius 1 is 0.958 bits per heavy atom. The summed E-state index contributed by atoms with van der Waals surface area (Å²) in [6.07, 6.45) is 16.8. The Bertz CT molecular complexity index is 513. The summed E-state index contributed by atoms with van der Waals surface area (Å²) in [5.41, 5.74) is 2.61. The van der Waals surface area contributed by atoms with Crippen molar-refractivity contribution in [3.63, 3.8) is 0 Å². The molecule has 1 saturated carbocycles. The minimum Gasteiger partial charge on any atom is -0.300 e. The van der Waals surface area contributed by atoms with Crippen molar-refractivity contribution in [2.24, 2.45) is 0 Å². The van der Waals surface area contributed by atoms with Crippen molar-refractivity contribution in [1.82, 2.24) is 4.90 Å². The number of benzene rings is 1. The topological polar surface area (TPSA) is 3.24 Å². The van der Waals surface area contributed by atoms with Gasteiger partial charge >= 0.3 is 0 Å². The lowest BCUT2D eigenvalue weighted by Crippen LogP contribution is -2.24. The van der Waals surface area contributed by atoms with E-state index in [-0.39, 0.29) is 12.4 Å². The predicted molar refractivity (Wildman–Crippen MR) is 108 cm³/mol. The second-order valence-electron chi connectivity index (χ2n) is 7.23. The molecule has 0 aromatic heterocycles. The van der Waals surface area contributed by atoms with Gasteiger partial charge in [-0.3, -0.25) is 4.90 Å². The van der Waals surface area contributed by atoms with Gasteiger partial charge in [0.15, 0.2) is 0 Å². The summed E-state index contributed by atoms with van der Waals surface area (Å²) in [5.74, 6) is 0.686. The molecule has 2 fully saturated rings. The van der Waals surface area contributed by atoms with Crippen molar-refractivity contribution in [3.05, 3.63) is 40.4 Å². The molecule has 2 aliphatic rings. The summed E-state index contributed by atoms with van der Waals surface area (Å²) in [7, 11) is 0. The van der Waals surface area contributed by atoms with Crippen molar-refractivity contribution < 1.29 is 0 Å². The van der Waals surface area contributed by atoms with E-state index in [1.807, 2.05) is 0 Å². The zero-order chi connectivity index (χ0) is 15.9. The van der Waals surface area contributed by atoms with Crippen LogP contribution in [0.15, 0.2) is 24.3 Å². The minimum absolute atomic E-state index is 0. The molecule has 0 atom stereocenters. The maximum Gasteiger partial charge on any atom is 0.0446 e. The molecule has 0 N–H and O–H groups in total. The third-order valence-electron chi connectivity index (χ3n) is 5.44. The van der Waals surface area contributed by atoms with Crippen molar-refractivity contribution in [2.45, 2.75) is 63.7 Å². The third kappa shape index (κ3) is 5.79. The smallest absolute Gasteiger partial charge is 0.0446 e. The highest BCUT2D eigenvalue weighted by molar-refractivity contribution is 6.31. The van der Waals surface area contributed by atoms with Crippen LogP contribution in [0.25, 0.3) is 6.08 Å². The number of nitrogens with zero attached hydrogens (tertiary/aromatic N) is 1. The molecule has 0 radical (unpaired) electrons. The van der Waals surface area contributed by atoms with Crippen LogP contribution in [0.4, 0.5) is 0 Å². The van der Waals surface area contributed by atoms with Gasteiger partial charge in [0.1, 0.15) is 0 Å². The van der Waals surface area contributed by atoms with Gasteiger partial charge in [-0.1, -0.05) is 68.0 Å². The summed E-state index contributed by atoms with van der Waals surface area (Å²) >= 11 is 6.57. The lowest BCUT2D eigenvalue weighted by molar-refractivity contribution is 0.316. The lowest BCUT2D eigenvalue weighted by Gasteiger charge is -2.23. The standard InChI is InChI=1S/C21H30ClN.ClH/c22-21-17-18(9-8-16-23-14-6-1-2-7-15-23)12-13-20(21)19-10-4-3-5-11-19;/h8-9,12-13,17,19H,1-7,10-11,14-16H2;1H/b9-8+;. The van der Waals surface area contributed by atoms with Gasteiger partial charge in [0, 0.05) is 11.6 Å². The van der Waals surface area contributed by atoms with Crippen molar-refractivity contribution in [3.8, 4) is 0 Å². The average Bonchev–Trinajstić information content (AvgIpc) is 2.85. The van der Waals surface area contributed by atoms with Crippen molar-refractivity contribution >= 4 is 30.1 Å². The Morgan fingerprint density at radius 2 is 1.62 bits per heavy atom. The molecule has 134 valence electrons. The van der Waals surface area contributed by atoms with E-state index in [0.717, 1.165) is 11.6 Å². The normalized spacial score (nSPS) is 20.7. The van der Waals surface area contributed by atoms with E-state index in [2.05, 4.69) is 35.3 Å². The predicted octanol–water partition coefficient (Wildman–Crippen LogP) is 6.70. The van der Waals surface area contributed by atoms with E-state index in [4.69, 9.17) is 11.6 Å². The first-order valence-electron chi connectivity index (χ1n) is 9.51. The molecule has 0 unspecified atom stereocenters. The molecule has 0 amide bonds. The highest BCUT2D eigenvalue weighted by Crippen LogP contribution is 2.36. The van der Waals surface area contributed by atoms with Crippen LogP contribution in [0.5, 0.6) is 0 Å². The maximum atomic E-state index is 6.57. The summed E-state index contributed by atoms with van der Waals surface area (Å²) < 4.78 is 0. The van der Waals surface area contributed by atoms with E-state index in [0.29, 0.717) is 5.92 Å². The van der Waals surface area contributed by atoms with Gasteiger partial charge in [0.25, 0.3) is 0 Å². The molecule has 1 heterocycles. The zero-order valence-corrected chi connectivity index (χ0v) is 16.3. The van der Waals surface area contributed by atoms with E-state index in [1.165, 1.54) is 82.0 Å². The number of hydrogen-bond acceptors (Lipinski definition) is 1. The van der Waals surface area contributed by atoms with Crippen LogP contribution in [-0.4, -0.2) is 24.5 Å². The molecule has 1 aliphatic carbocycles. The molecule has 3 rings (SSSR count). The molecule has 1 aromatic carbocycles. The SMILES string of the molecule is Cl.Clc1cc(/C=C/CN2CCCCCC2)ccc1C1CCCCC1. The number of likely N-dealkylation sites (tertiary alicyclic amines) is 1. The first kappa shape index (κ1) is 19.8. The van der Waals surface area contributed by atoms with Crippen molar-refractivity contribution in [2.75, 3.05) is 19.6 Å². The van der Waals surface area contributed by atoms with Gasteiger partial charge < -0.3 is 0 Å². The lowest BCUT2D eigenvalue weighted by atomic mass is 9.84. The summed E-state index contributed by atoms with van der Waals surface area (Å²) in [6, 6.07) is 6.67. The Kier molecular flexibility index (Phi) is 8.66. The number of hydrogen-bond donors (Lipinski definition) is 0. The van der Waals surface area contributed by atoms with Gasteiger partial charge in [-0.2, -0.15) is 0 Å². The van der Waals surface area contributed by atoms with Crippen LogP contribution in [0, 0.1) is 0 Å². The molecule has 3 heteroatoms. The first-order valence-corrected chi connectivity index (χ1v) is 9.89. The minimum atomic E-state index is 0. The summed E-state index contributed by atoms with van der Waals surface area (Å²) in [5, 5.41) is 0.967. The molecule has 1 nitrogen and oxygen atoms in total. The Labute approximate surface area is 158 Å². The van der Waals surface area contributed by atoms with Crippen LogP contribution >= 0.6 is 24.0 Å². The zero-order valence-electron chi connectivity index (χ0n) is 14.7. The van der Waals surface area contributed by atoms with Gasteiger partial charge in [0.2, 0.25) is 0 Å². The quantitative estimate of drug-likeness (QED) is 0.572. The van der Waals surface area contributed by atoms with Gasteiger partial charge in [-0.25, -0.2) is 0 Å². The first-order chi connectivity index (χ1) is 11.3. The Morgan fingerprint density at radius 3 is 2.29 bits per heavy atom. The highest BCUT2D eigenvalue weighted by atomic mass is 35.5. The summed E-state index contributed by atoms with van der Waals surface area (Å²) in [6.45, 7) is 3.58. The van der Waals surface area contributed by atoms with E-state index in [9.17, 15) is 0 Å². The van der Waals surface area contributed by atoms with E-state index >= 15 is 0 Å². The van der Waals surface area contributed by atoms with E-state index < -0.39 is 0 Å². The molecular formula is C21H31Cl2N. The fourth-order valence-corrected chi connectivity index (χ4v) is 4.39. The fourth-order valence-electron chi connectivity index (χ4n) is 4.05. The molecule has 1 aromatic rings. The second kappa shape index (κ2) is 10.5. The highest BCUT2D eigenvalue weighted by Gasteiger charge is 2.17. The van der Waals surface area contributed by atoms with Gasteiger partial charge in [0.05, 0.1) is 0 Å². The fraction of sp³-hybridized carbons (Fsp3) is 0.619. The Hall–Kier alpha value is -0.500. The number of halogens is 2.